The lowest BCUT2D eigenvalue weighted by molar-refractivity contribution is 0.0794. The van der Waals surface area contributed by atoms with E-state index in [9.17, 15) is 4.79 Å². The summed E-state index contributed by atoms with van der Waals surface area (Å²) in [6.45, 7) is 3.57. The number of nitrogens with zero attached hydrogens (tertiary/aromatic N) is 1. The molecule has 0 unspecified atom stereocenters. The second-order valence-corrected chi connectivity index (χ2v) is 6.30. The first-order valence-electron chi connectivity index (χ1n) is 7.76. The Kier molecular flexibility index (Phi) is 4.44. The normalized spacial score (nSPS) is 14.1. The molecule has 4 nitrogen and oxygen atoms in total. The summed E-state index contributed by atoms with van der Waals surface area (Å²) in [5.74, 6) is 0.0236. The average molecular weight is 330 g/mol. The fraction of sp³-hybridized carbons (Fsp3) is 0.278. The van der Waals surface area contributed by atoms with Gasteiger partial charge in [0.05, 0.1) is 11.3 Å². The summed E-state index contributed by atoms with van der Waals surface area (Å²) >= 11 is 6.18. The Hall–Kier alpha value is -2.20. The number of nitrogens with one attached hydrogen (secondary N) is 1. The average Bonchev–Trinajstić information content (AvgIpc) is 3.06. The quantitative estimate of drug-likeness (QED) is 0.829. The number of anilines is 3. The Bertz CT molecular complexity index is 739. The van der Waals surface area contributed by atoms with Gasteiger partial charge >= 0.3 is 0 Å². The van der Waals surface area contributed by atoms with Crippen molar-refractivity contribution < 1.29 is 4.79 Å². The molecule has 0 saturated carbocycles. The van der Waals surface area contributed by atoms with Gasteiger partial charge in [-0.1, -0.05) is 17.7 Å². The van der Waals surface area contributed by atoms with E-state index in [4.69, 9.17) is 17.3 Å². The van der Waals surface area contributed by atoms with E-state index in [1.165, 1.54) is 0 Å². The number of amides is 1. The van der Waals surface area contributed by atoms with E-state index in [1.807, 2.05) is 36.1 Å². The fourth-order valence-electron chi connectivity index (χ4n) is 2.76. The van der Waals surface area contributed by atoms with Crippen molar-refractivity contribution in [2.24, 2.45) is 0 Å². The van der Waals surface area contributed by atoms with Crippen LogP contribution in [0.15, 0.2) is 36.4 Å². The SMILES string of the molecule is Cc1ccc(Nc2ccc(N)cc2C(=O)N2CCCC2)cc1Cl. The number of carbonyl (C=O) groups is 1. The maximum absolute atomic E-state index is 12.7. The number of aryl methyl sites for hydroxylation is 1. The van der Waals surface area contributed by atoms with Crippen molar-refractivity contribution in [1.29, 1.82) is 0 Å². The summed E-state index contributed by atoms with van der Waals surface area (Å²) in [6, 6.07) is 11.1. The number of carbonyl (C=O) groups excluding carboxylic acids is 1. The van der Waals surface area contributed by atoms with E-state index in [2.05, 4.69) is 5.32 Å². The number of nitrogen functional groups attached to an aromatic ring is 1. The van der Waals surface area contributed by atoms with Crippen LogP contribution in [0.5, 0.6) is 0 Å². The van der Waals surface area contributed by atoms with E-state index < -0.39 is 0 Å². The van der Waals surface area contributed by atoms with Gasteiger partial charge in [0, 0.05) is 29.5 Å². The van der Waals surface area contributed by atoms with Crippen LogP contribution >= 0.6 is 11.6 Å². The summed E-state index contributed by atoms with van der Waals surface area (Å²) in [5.41, 5.74) is 9.68. The molecule has 0 aromatic heterocycles. The highest BCUT2D eigenvalue weighted by molar-refractivity contribution is 6.31. The number of hydrogen-bond donors (Lipinski definition) is 2. The third-order valence-electron chi connectivity index (χ3n) is 4.12. The topological polar surface area (TPSA) is 58.4 Å². The molecule has 0 bridgehead atoms. The van der Waals surface area contributed by atoms with Crippen molar-refractivity contribution in [2.75, 3.05) is 24.1 Å². The number of rotatable bonds is 3. The lowest BCUT2D eigenvalue weighted by atomic mass is 10.1. The van der Waals surface area contributed by atoms with Crippen LogP contribution in [-0.2, 0) is 0 Å². The van der Waals surface area contributed by atoms with Crippen molar-refractivity contribution in [3.05, 3.63) is 52.5 Å². The van der Waals surface area contributed by atoms with Crippen LogP contribution < -0.4 is 11.1 Å². The molecule has 1 fully saturated rings. The molecule has 1 aliphatic rings. The van der Waals surface area contributed by atoms with Gasteiger partial charge in [-0.2, -0.15) is 0 Å². The smallest absolute Gasteiger partial charge is 0.256 e. The van der Waals surface area contributed by atoms with E-state index >= 15 is 0 Å². The van der Waals surface area contributed by atoms with Crippen molar-refractivity contribution in [3.8, 4) is 0 Å². The predicted octanol–water partition coefficient (Wildman–Crippen LogP) is 4.21. The molecule has 0 spiro atoms. The summed E-state index contributed by atoms with van der Waals surface area (Å²) in [6.07, 6.45) is 2.12. The number of benzene rings is 2. The zero-order valence-corrected chi connectivity index (χ0v) is 13.9. The second-order valence-electron chi connectivity index (χ2n) is 5.89. The minimum absolute atomic E-state index is 0.0236. The number of hydrogen-bond acceptors (Lipinski definition) is 3. The third kappa shape index (κ3) is 3.42. The minimum Gasteiger partial charge on any atom is -0.399 e. The van der Waals surface area contributed by atoms with Crippen molar-refractivity contribution >= 4 is 34.6 Å². The van der Waals surface area contributed by atoms with Crippen LogP contribution in [0.2, 0.25) is 5.02 Å². The lowest BCUT2D eigenvalue weighted by Gasteiger charge is -2.19. The van der Waals surface area contributed by atoms with Gasteiger partial charge in [-0.3, -0.25) is 4.79 Å². The van der Waals surface area contributed by atoms with Gasteiger partial charge in [0.1, 0.15) is 0 Å². The molecule has 1 amide bonds. The van der Waals surface area contributed by atoms with Crippen LogP contribution in [0, 0.1) is 6.92 Å². The Labute approximate surface area is 141 Å². The van der Waals surface area contributed by atoms with E-state index in [-0.39, 0.29) is 5.91 Å². The molecule has 1 heterocycles. The standard InChI is InChI=1S/C18H20ClN3O/c1-12-4-6-14(11-16(12)19)21-17-7-5-13(20)10-15(17)18(23)22-8-2-3-9-22/h4-7,10-11,21H,2-3,8-9,20H2,1H3. The second kappa shape index (κ2) is 6.50. The number of halogens is 1. The summed E-state index contributed by atoms with van der Waals surface area (Å²) in [4.78, 5) is 14.6. The van der Waals surface area contributed by atoms with E-state index in [0.29, 0.717) is 16.3 Å². The van der Waals surface area contributed by atoms with E-state index in [1.54, 1.807) is 12.1 Å². The minimum atomic E-state index is 0.0236. The molecule has 1 saturated heterocycles. The third-order valence-corrected chi connectivity index (χ3v) is 4.53. The van der Waals surface area contributed by atoms with Gasteiger partial charge in [0.2, 0.25) is 0 Å². The Morgan fingerprint density at radius 3 is 2.61 bits per heavy atom. The van der Waals surface area contributed by atoms with Gasteiger partial charge in [0.15, 0.2) is 0 Å². The van der Waals surface area contributed by atoms with Gasteiger partial charge in [-0.15, -0.1) is 0 Å². The molecule has 5 heteroatoms. The van der Waals surface area contributed by atoms with E-state index in [0.717, 1.165) is 42.9 Å². The maximum atomic E-state index is 12.7. The van der Waals surface area contributed by atoms with Crippen molar-refractivity contribution in [2.45, 2.75) is 19.8 Å². The summed E-state index contributed by atoms with van der Waals surface area (Å²) in [7, 11) is 0. The molecule has 2 aromatic carbocycles. The highest BCUT2D eigenvalue weighted by atomic mass is 35.5. The van der Waals surface area contributed by atoms with Crippen LogP contribution in [-0.4, -0.2) is 23.9 Å². The first kappa shape index (κ1) is 15.7. The van der Waals surface area contributed by atoms with Crippen LogP contribution in [0.4, 0.5) is 17.1 Å². The van der Waals surface area contributed by atoms with Crippen LogP contribution in [0.25, 0.3) is 0 Å². The van der Waals surface area contributed by atoms with Crippen molar-refractivity contribution in [3.63, 3.8) is 0 Å². The zero-order chi connectivity index (χ0) is 16.4. The Balaban J connectivity index is 1.92. The highest BCUT2D eigenvalue weighted by Gasteiger charge is 2.22. The molecule has 1 aliphatic heterocycles. The lowest BCUT2D eigenvalue weighted by Crippen LogP contribution is -2.28. The predicted molar refractivity (Wildman–Crippen MR) is 95.5 cm³/mol. The summed E-state index contributed by atoms with van der Waals surface area (Å²) < 4.78 is 0. The molecule has 0 aliphatic carbocycles. The first-order chi connectivity index (χ1) is 11.0. The number of likely N-dealkylation sites (tertiary alicyclic amines) is 1. The monoisotopic (exact) mass is 329 g/mol. The first-order valence-corrected chi connectivity index (χ1v) is 8.14. The molecule has 0 atom stereocenters. The molecular weight excluding hydrogens is 310 g/mol. The zero-order valence-electron chi connectivity index (χ0n) is 13.1. The van der Waals surface area contributed by atoms with Gasteiger partial charge in [-0.25, -0.2) is 0 Å². The Morgan fingerprint density at radius 1 is 1.17 bits per heavy atom. The molecule has 2 aromatic rings. The molecule has 0 radical (unpaired) electrons. The summed E-state index contributed by atoms with van der Waals surface area (Å²) in [5, 5.41) is 3.98. The van der Waals surface area contributed by atoms with Gasteiger partial charge < -0.3 is 16.0 Å². The van der Waals surface area contributed by atoms with Gasteiger partial charge in [0.25, 0.3) is 5.91 Å². The van der Waals surface area contributed by atoms with Gasteiger partial charge in [-0.05, 0) is 55.7 Å². The molecule has 3 rings (SSSR count). The molecular formula is C18H20ClN3O. The van der Waals surface area contributed by atoms with Crippen molar-refractivity contribution in [1.82, 2.24) is 4.90 Å². The number of nitrogens with two attached hydrogens (primary N) is 1. The largest absolute Gasteiger partial charge is 0.399 e. The molecule has 23 heavy (non-hydrogen) atoms. The fourth-order valence-corrected chi connectivity index (χ4v) is 2.95. The van der Waals surface area contributed by atoms with Crippen LogP contribution in [0.3, 0.4) is 0 Å². The maximum Gasteiger partial charge on any atom is 0.256 e. The highest BCUT2D eigenvalue weighted by Crippen LogP contribution is 2.28. The molecule has 3 N–H and O–H groups in total. The Morgan fingerprint density at radius 2 is 1.91 bits per heavy atom. The van der Waals surface area contributed by atoms with Crippen LogP contribution in [0.1, 0.15) is 28.8 Å². The molecule has 120 valence electrons.